The number of H-pyrrole nitrogens is 1. The number of amides is 1. The van der Waals surface area contributed by atoms with Crippen LogP contribution in [0.1, 0.15) is 40.9 Å². The zero-order valence-electron chi connectivity index (χ0n) is 20.0. The molecule has 7 rings (SSSR count). The Morgan fingerprint density at radius 3 is 2.61 bits per heavy atom. The van der Waals surface area contributed by atoms with Gasteiger partial charge in [-0.2, -0.15) is 0 Å². The normalized spacial score (nSPS) is 14.0. The molecule has 2 aromatic heterocycles. The van der Waals surface area contributed by atoms with Gasteiger partial charge in [0.05, 0.1) is 17.2 Å². The monoisotopic (exact) mass is 476 g/mol. The summed E-state index contributed by atoms with van der Waals surface area (Å²) in [5, 5.41) is 5.19. The second-order valence-corrected chi connectivity index (χ2v) is 9.59. The highest BCUT2D eigenvalue weighted by molar-refractivity contribution is 6.19. The minimum absolute atomic E-state index is 0.0158. The fourth-order valence-corrected chi connectivity index (χ4v) is 5.63. The van der Waals surface area contributed by atoms with Crippen molar-refractivity contribution in [3.63, 3.8) is 0 Å². The highest BCUT2D eigenvalue weighted by Gasteiger charge is 2.33. The number of carbonyl (C=O) groups excluding carboxylic acids is 1. The fraction of sp³-hybridized carbons (Fsp3) is 0.207. The number of hydrogen-bond acceptors (Lipinski definition) is 5. The van der Waals surface area contributed by atoms with E-state index in [0.717, 1.165) is 62.7 Å². The van der Waals surface area contributed by atoms with Crippen molar-refractivity contribution in [1.29, 1.82) is 0 Å². The van der Waals surface area contributed by atoms with Gasteiger partial charge in [0, 0.05) is 40.8 Å². The van der Waals surface area contributed by atoms with E-state index in [1.165, 1.54) is 11.1 Å². The van der Waals surface area contributed by atoms with Crippen molar-refractivity contribution in [3.05, 3.63) is 77.1 Å². The molecule has 0 saturated carbocycles. The Morgan fingerprint density at radius 1 is 0.944 bits per heavy atom. The first-order chi connectivity index (χ1) is 17.6. The van der Waals surface area contributed by atoms with Crippen LogP contribution in [0.15, 0.2) is 54.9 Å². The topological polar surface area (TPSA) is 89.1 Å². The third kappa shape index (κ3) is 3.16. The number of aromatic amines is 1. The van der Waals surface area contributed by atoms with Gasteiger partial charge in [-0.05, 0) is 85.3 Å². The molecule has 2 N–H and O–H groups in total. The number of fused-ring (bicyclic) bond motifs is 10. The maximum atomic E-state index is 13.2. The largest absolute Gasteiger partial charge is 0.491 e. The number of benzene rings is 3. The summed E-state index contributed by atoms with van der Waals surface area (Å²) in [5.74, 6) is 1.51. The van der Waals surface area contributed by atoms with Crippen LogP contribution < -0.4 is 14.8 Å². The summed E-state index contributed by atoms with van der Waals surface area (Å²) >= 11 is 0. The molecule has 0 radical (unpaired) electrons. The van der Waals surface area contributed by atoms with Crippen LogP contribution in [0.2, 0.25) is 0 Å². The van der Waals surface area contributed by atoms with E-state index < -0.39 is 0 Å². The number of ether oxygens (including phenoxy) is 2. The molecule has 2 aliphatic rings. The molecule has 3 heterocycles. The Morgan fingerprint density at radius 2 is 1.78 bits per heavy atom. The van der Waals surface area contributed by atoms with Gasteiger partial charge in [0.25, 0.3) is 5.91 Å². The smallest absolute Gasteiger partial charge is 0.321 e. The van der Waals surface area contributed by atoms with E-state index in [9.17, 15) is 4.79 Å². The SMILES string of the molecule is CC(C)Oc1ccc2c(c1)CCc1c-2c2c(c3c1[nH]c1ccc(Oc4ncccn4)cc13)CNC2=O. The molecule has 36 heavy (non-hydrogen) atoms. The molecule has 0 fully saturated rings. The lowest BCUT2D eigenvalue weighted by atomic mass is 9.80. The number of nitrogens with zero attached hydrogens (tertiary/aromatic N) is 2. The molecule has 0 bridgehead atoms. The van der Waals surface area contributed by atoms with Crippen molar-refractivity contribution in [2.45, 2.75) is 39.3 Å². The summed E-state index contributed by atoms with van der Waals surface area (Å²) in [5.41, 5.74) is 8.49. The van der Waals surface area contributed by atoms with E-state index in [0.29, 0.717) is 18.3 Å². The van der Waals surface area contributed by atoms with Gasteiger partial charge in [-0.15, -0.1) is 0 Å². The predicted molar refractivity (Wildman–Crippen MR) is 138 cm³/mol. The highest BCUT2D eigenvalue weighted by atomic mass is 16.5. The van der Waals surface area contributed by atoms with Gasteiger partial charge in [-0.25, -0.2) is 9.97 Å². The minimum Gasteiger partial charge on any atom is -0.491 e. The van der Waals surface area contributed by atoms with Crippen LogP contribution in [0.3, 0.4) is 0 Å². The second-order valence-electron chi connectivity index (χ2n) is 9.59. The maximum absolute atomic E-state index is 13.2. The van der Waals surface area contributed by atoms with Gasteiger partial charge in [-0.3, -0.25) is 4.79 Å². The van der Waals surface area contributed by atoms with E-state index in [1.54, 1.807) is 18.5 Å². The molecule has 0 spiro atoms. The zero-order chi connectivity index (χ0) is 24.4. The summed E-state index contributed by atoms with van der Waals surface area (Å²) in [4.78, 5) is 25.2. The molecule has 7 nitrogen and oxygen atoms in total. The van der Waals surface area contributed by atoms with Gasteiger partial charge < -0.3 is 19.8 Å². The number of aromatic nitrogens is 3. The molecule has 178 valence electrons. The van der Waals surface area contributed by atoms with E-state index in [4.69, 9.17) is 9.47 Å². The first-order valence-electron chi connectivity index (χ1n) is 12.2. The van der Waals surface area contributed by atoms with Gasteiger partial charge in [0.15, 0.2) is 0 Å². The Labute approximate surface area is 207 Å². The number of carbonyl (C=O) groups is 1. The highest BCUT2D eigenvalue weighted by Crippen LogP contribution is 2.46. The summed E-state index contributed by atoms with van der Waals surface area (Å²) in [6.07, 6.45) is 5.15. The molecule has 1 aliphatic carbocycles. The van der Waals surface area contributed by atoms with Crippen molar-refractivity contribution in [2.75, 3.05) is 0 Å². The van der Waals surface area contributed by atoms with E-state index in [2.05, 4.69) is 32.4 Å². The molecule has 1 aliphatic heterocycles. The van der Waals surface area contributed by atoms with Crippen molar-refractivity contribution in [2.24, 2.45) is 0 Å². The number of nitrogens with one attached hydrogen (secondary N) is 2. The number of hydrogen-bond donors (Lipinski definition) is 2. The Balaban J connectivity index is 1.45. The fourth-order valence-electron chi connectivity index (χ4n) is 5.63. The van der Waals surface area contributed by atoms with Crippen molar-refractivity contribution >= 4 is 27.7 Å². The molecule has 5 aromatic rings. The van der Waals surface area contributed by atoms with Gasteiger partial charge in [-0.1, -0.05) is 6.07 Å². The average molecular weight is 477 g/mol. The van der Waals surface area contributed by atoms with E-state index in [-0.39, 0.29) is 12.0 Å². The maximum Gasteiger partial charge on any atom is 0.321 e. The van der Waals surface area contributed by atoms with Crippen LogP contribution in [0.5, 0.6) is 17.5 Å². The third-order valence-electron chi connectivity index (χ3n) is 6.99. The summed E-state index contributed by atoms with van der Waals surface area (Å²) in [7, 11) is 0. The van der Waals surface area contributed by atoms with Crippen LogP contribution in [-0.2, 0) is 19.4 Å². The summed E-state index contributed by atoms with van der Waals surface area (Å²) in [6.45, 7) is 4.56. The van der Waals surface area contributed by atoms with Crippen LogP contribution in [0.4, 0.5) is 0 Å². The first-order valence-corrected chi connectivity index (χ1v) is 12.2. The van der Waals surface area contributed by atoms with Crippen molar-refractivity contribution in [3.8, 4) is 28.6 Å². The molecule has 0 unspecified atom stereocenters. The third-order valence-corrected chi connectivity index (χ3v) is 6.99. The van der Waals surface area contributed by atoms with Gasteiger partial charge in [0.1, 0.15) is 11.5 Å². The molecular formula is C29H24N4O3. The molecule has 0 saturated heterocycles. The predicted octanol–water partition coefficient (Wildman–Crippen LogP) is 5.70. The van der Waals surface area contributed by atoms with E-state index >= 15 is 0 Å². The lowest BCUT2D eigenvalue weighted by Crippen LogP contribution is -2.15. The standard InChI is InChI=1S/C29H24N4O3/c1-15(2)35-17-5-8-19-16(12-17)4-7-20-24(19)26-22(14-32-28(26)34)25-21-13-18(6-9-23(21)33-27(20)25)36-29-30-10-3-11-31-29/h3,5-6,8-13,15,33H,4,7,14H2,1-2H3,(H,32,34). The summed E-state index contributed by atoms with van der Waals surface area (Å²) < 4.78 is 11.9. The second kappa shape index (κ2) is 7.81. The van der Waals surface area contributed by atoms with E-state index in [1.807, 2.05) is 38.1 Å². The van der Waals surface area contributed by atoms with Crippen LogP contribution in [0.25, 0.3) is 32.9 Å². The Bertz CT molecular complexity index is 1690. The Hall–Kier alpha value is -4.39. The molecule has 7 heteroatoms. The lowest BCUT2D eigenvalue weighted by molar-refractivity contribution is 0.0966. The summed E-state index contributed by atoms with van der Waals surface area (Å²) in [6, 6.07) is 14.2. The minimum atomic E-state index is -0.0158. The first kappa shape index (κ1) is 20.9. The van der Waals surface area contributed by atoms with Crippen LogP contribution >= 0.6 is 0 Å². The van der Waals surface area contributed by atoms with Crippen molar-refractivity contribution < 1.29 is 14.3 Å². The van der Waals surface area contributed by atoms with Gasteiger partial charge >= 0.3 is 6.01 Å². The molecular weight excluding hydrogens is 452 g/mol. The Kier molecular flexibility index (Phi) is 4.54. The van der Waals surface area contributed by atoms with Gasteiger partial charge in [0.2, 0.25) is 0 Å². The van der Waals surface area contributed by atoms with Crippen LogP contribution in [0, 0.1) is 0 Å². The molecule has 3 aromatic carbocycles. The quantitative estimate of drug-likeness (QED) is 0.347. The lowest BCUT2D eigenvalue weighted by Gasteiger charge is -2.24. The van der Waals surface area contributed by atoms with Crippen molar-refractivity contribution in [1.82, 2.24) is 20.3 Å². The number of rotatable bonds is 4. The average Bonchev–Trinajstić information content (AvgIpc) is 3.44. The van der Waals surface area contributed by atoms with Crippen LogP contribution in [-0.4, -0.2) is 27.0 Å². The molecule has 1 amide bonds. The zero-order valence-corrected chi connectivity index (χ0v) is 20.0. The number of aryl methyl sites for hydroxylation is 2. The molecule has 0 atom stereocenters.